The van der Waals surface area contributed by atoms with Crippen molar-refractivity contribution in [2.45, 2.75) is 103 Å². The average molecular weight is 315 g/mol. The van der Waals surface area contributed by atoms with Crippen molar-refractivity contribution in [1.29, 1.82) is 0 Å². The summed E-state index contributed by atoms with van der Waals surface area (Å²) in [7, 11) is 1.32. The summed E-state index contributed by atoms with van der Waals surface area (Å²) in [6.07, 6.45) is 15.1. The Balaban J connectivity index is 3.13. The number of carbonyl (C=O) groups is 1. The van der Waals surface area contributed by atoms with Crippen molar-refractivity contribution in [3.63, 3.8) is 0 Å². The van der Waals surface area contributed by atoms with Crippen LogP contribution in [0, 0.1) is 5.92 Å². The summed E-state index contributed by atoms with van der Waals surface area (Å²) in [6, 6.07) is 0. The van der Waals surface area contributed by atoms with E-state index in [1.807, 2.05) is 0 Å². The van der Waals surface area contributed by atoms with Crippen LogP contribution in [0.3, 0.4) is 0 Å². The van der Waals surface area contributed by atoms with E-state index in [9.17, 15) is 9.90 Å². The third-order valence-electron chi connectivity index (χ3n) is 4.23. The minimum atomic E-state index is -0.930. The number of rotatable bonds is 15. The highest BCUT2D eigenvalue weighted by molar-refractivity contribution is 5.74. The number of aliphatic hydroxyl groups excluding tert-OH is 1. The summed E-state index contributed by atoms with van der Waals surface area (Å²) in [6.45, 7) is 4.60. The number of carbonyl (C=O) groups excluding carboxylic acids is 1. The van der Waals surface area contributed by atoms with E-state index in [4.69, 9.17) is 0 Å². The minimum Gasteiger partial charge on any atom is -0.467 e. The maximum absolute atomic E-state index is 11.0. The minimum absolute atomic E-state index is 0.506. The van der Waals surface area contributed by atoms with Crippen LogP contribution < -0.4 is 0 Å². The number of methoxy groups -OCH3 is 1. The number of esters is 1. The molecule has 0 aromatic carbocycles. The van der Waals surface area contributed by atoms with Crippen molar-refractivity contribution in [3.8, 4) is 0 Å². The van der Waals surface area contributed by atoms with Crippen molar-refractivity contribution in [2.75, 3.05) is 7.11 Å². The molecule has 22 heavy (non-hydrogen) atoms. The predicted molar refractivity (Wildman–Crippen MR) is 92.9 cm³/mol. The van der Waals surface area contributed by atoms with Crippen molar-refractivity contribution in [2.24, 2.45) is 5.92 Å². The third kappa shape index (κ3) is 14.4. The van der Waals surface area contributed by atoms with Crippen LogP contribution in [0.2, 0.25) is 0 Å². The van der Waals surface area contributed by atoms with E-state index >= 15 is 0 Å². The van der Waals surface area contributed by atoms with Crippen LogP contribution in [0.5, 0.6) is 0 Å². The topological polar surface area (TPSA) is 46.5 Å². The summed E-state index contributed by atoms with van der Waals surface area (Å²) in [5.74, 6) is 0.349. The molecule has 0 bridgehead atoms. The van der Waals surface area contributed by atoms with Crippen LogP contribution >= 0.6 is 0 Å². The molecule has 0 aliphatic rings. The van der Waals surface area contributed by atoms with Gasteiger partial charge in [0, 0.05) is 0 Å². The van der Waals surface area contributed by atoms with Gasteiger partial charge >= 0.3 is 5.97 Å². The zero-order valence-electron chi connectivity index (χ0n) is 15.1. The zero-order valence-corrected chi connectivity index (χ0v) is 15.1. The van der Waals surface area contributed by atoms with Crippen molar-refractivity contribution < 1.29 is 14.6 Å². The van der Waals surface area contributed by atoms with Gasteiger partial charge in [-0.05, 0) is 12.3 Å². The van der Waals surface area contributed by atoms with Crippen LogP contribution in [-0.4, -0.2) is 24.3 Å². The summed E-state index contributed by atoms with van der Waals surface area (Å²) >= 11 is 0. The predicted octanol–water partition coefficient (Wildman–Crippen LogP) is 5.25. The molecule has 0 saturated heterocycles. The molecular weight excluding hydrogens is 276 g/mol. The Hall–Kier alpha value is -0.570. The molecule has 0 aromatic heterocycles. The maximum atomic E-state index is 11.0. The SMILES string of the molecule is COC(=O)C(O)CCCCCCCCCCCCCC(C)C. The third-order valence-corrected chi connectivity index (χ3v) is 4.23. The Bertz CT molecular complexity index is 251. The van der Waals surface area contributed by atoms with Gasteiger partial charge in [-0.1, -0.05) is 90.9 Å². The van der Waals surface area contributed by atoms with Gasteiger partial charge in [0.05, 0.1) is 7.11 Å². The average Bonchev–Trinajstić information content (AvgIpc) is 2.50. The fourth-order valence-corrected chi connectivity index (χ4v) is 2.74. The van der Waals surface area contributed by atoms with Gasteiger partial charge in [0.2, 0.25) is 0 Å². The van der Waals surface area contributed by atoms with Crippen molar-refractivity contribution in [3.05, 3.63) is 0 Å². The molecule has 1 N–H and O–H groups in total. The van der Waals surface area contributed by atoms with Gasteiger partial charge in [-0.25, -0.2) is 4.79 Å². The molecule has 0 fully saturated rings. The molecule has 1 atom stereocenters. The van der Waals surface area contributed by atoms with Gasteiger partial charge in [-0.15, -0.1) is 0 Å². The first-order valence-corrected chi connectivity index (χ1v) is 9.33. The molecule has 3 nitrogen and oxygen atoms in total. The summed E-state index contributed by atoms with van der Waals surface area (Å²) in [5, 5.41) is 9.43. The summed E-state index contributed by atoms with van der Waals surface area (Å²) < 4.78 is 4.49. The van der Waals surface area contributed by atoms with E-state index in [0.29, 0.717) is 6.42 Å². The van der Waals surface area contributed by atoms with Gasteiger partial charge in [0.25, 0.3) is 0 Å². The fraction of sp³-hybridized carbons (Fsp3) is 0.947. The Morgan fingerprint density at radius 1 is 0.773 bits per heavy atom. The second-order valence-electron chi connectivity index (χ2n) is 6.90. The highest BCUT2D eigenvalue weighted by atomic mass is 16.5. The van der Waals surface area contributed by atoms with Gasteiger partial charge < -0.3 is 9.84 Å². The zero-order chi connectivity index (χ0) is 16.6. The van der Waals surface area contributed by atoms with Gasteiger partial charge in [-0.3, -0.25) is 0 Å². The maximum Gasteiger partial charge on any atom is 0.334 e. The first-order valence-electron chi connectivity index (χ1n) is 9.33. The Labute approximate surface area is 137 Å². The number of aliphatic hydroxyl groups is 1. The fourth-order valence-electron chi connectivity index (χ4n) is 2.74. The molecule has 0 rings (SSSR count). The molecule has 0 amide bonds. The molecule has 3 heteroatoms. The lowest BCUT2D eigenvalue weighted by atomic mass is 10.0. The normalized spacial score (nSPS) is 12.6. The van der Waals surface area contributed by atoms with Crippen LogP contribution in [0.25, 0.3) is 0 Å². The molecule has 0 saturated carbocycles. The number of hydrogen-bond donors (Lipinski definition) is 1. The molecule has 132 valence electrons. The summed E-state index contributed by atoms with van der Waals surface area (Å²) in [5.41, 5.74) is 0. The van der Waals surface area contributed by atoms with Crippen molar-refractivity contribution >= 4 is 5.97 Å². The first-order chi connectivity index (χ1) is 10.6. The Morgan fingerprint density at radius 2 is 1.14 bits per heavy atom. The second kappa shape index (κ2) is 15.3. The molecule has 0 aliphatic carbocycles. The van der Waals surface area contributed by atoms with E-state index in [-0.39, 0.29) is 0 Å². The first kappa shape index (κ1) is 21.4. The van der Waals surface area contributed by atoms with Crippen LogP contribution in [0.15, 0.2) is 0 Å². The lowest BCUT2D eigenvalue weighted by Gasteiger charge is -2.07. The van der Waals surface area contributed by atoms with E-state index in [1.165, 1.54) is 71.3 Å². The highest BCUT2D eigenvalue weighted by Crippen LogP contribution is 2.14. The van der Waals surface area contributed by atoms with Crippen molar-refractivity contribution in [1.82, 2.24) is 0 Å². The summed E-state index contributed by atoms with van der Waals surface area (Å²) in [4.78, 5) is 11.0. The van der Waals surface area contributed by atoms with E-state index in [0.717, 1.165) is 18.8 Å². The molecule has 0 heterocycles. The monoisotopic (exact) mass is 314 g/mol. The lowest BCUT2D eigenvalue weighted by Crippen LogP contribution is -2.21. The molecular formula is C19H38O3. The van der Waals surface area contributed by atoms with Gasteiger partial charge in [-0.2, -0.15) is 0 Å². The molecule has 0 aromatic rings. The number of ether oxygens (including phenoxy) is 1. The molecule has 0 spiro atoms. The Morgan fingerprint density at radius 3 is 1.50 bits per heavy atom. The van der Waals surface area contributed by atoms with Crippen LogP contribution in [0.4, 0.5) is 0 Å². The van der Waals surface area contributed by atoms with E-state index in [1.54, 1.807) is 0 Å². The van der Waals surface area contributed by atoms with Gasteiger partial charge in [0.1, 0.15) is 0 Å². The Kier molecular flexibility index (Phi) is 14.9. The second-order valence-corrected chi connectivity index (χ2v) is 6.90. The molecule has 1 unspecified atom stereocenters. The van der Waals surface area contributed by atoms with Crippen LogP contribution in [0.1, 0.15) is 97.3 Å². The van der Waals surface area contributed by atoms with Gasteiger partial charge in [0.15, 0.2) is 6.10 Å². The lowest BCUT2D eigenvalue weighted by molar-refractivity contribution is -0.150. The van der Waals surface area contributed by atoms with E-state index in [2.05, 4.69) is 18.6 Å². The highest BCUT2D eigenvalue weighted by Gasteiger charge is 2.13. The molecule has 0 radical (unpaired) electrons. The quantitative estimate of drug-likeness (QED) is 0.332. The van der Waals surface area contributed by atoms with Crippen LogP contribution in [-0.2, 0) is 9.53 Å². The largest absolute Gasteiger partial charge is 0.467 e. The smallest absolute Gasteiger partial charge is 0.334 e. The number of hydrogen-bond acceptors (Lipinski definition) is 3. The standard InChI is InChI=1S/C19H38O3/c1-17(2)15-13-11-9-7-5-4-6-8-10-12-14-16-18(20)19(21)22-3/h17-18,20H,4-16H2,1-3H3. The van der Waals surface area contributed by atoms with E-state index < -0.39 is 12.1 Å². The molecule has 0 aliphatic heterocycles. The number of unbranched alkanes of at least 4 members (excludes halogenated alkanes) is 10.